The van der Waals surface area contributed by atoms with E-state index in [-0.39, 0.29) is 48.8 Å². The second-order valence-electron chi connectivity index (χ2n) is 7.13. The van der Waals surface area contributed by atoms with Gasteiger partial charge in [-0.1, -0.05) is 10.3 Å². The van der Waals surface area contributed by atoms with E-state index in [2.05, 4.69) is 25.6 Å². The van der Waals surface area contributed by atoms with Crippen molar-refractivity contribution in [3.8, 4) is 0 Å². The minimum Gasteiger partial charge on any atom is -0.348 e. The second kappa shape index (κ2) is 7.29. The van der Waals surface area contributed by atoms with Crippen molar-refractivity contribution in [1.29, 1.82) is 0 Å². The Morgan fingerprint density at radius 3 is 2.92 bits per heavy atom. The van der Waals surface area contributed by atoms with Crippen LogP contribution in [0.1, 0.15) is 37.1 Å². The average molecular weight is 370 g/mol. The summed E-state index contributed by atoms with van der Waals surface area (Å²) in [5, 5.41) is 13.9. The lowest BCUT2D eigenvalue weighted by Crippen LogP contribution is -2.67. The van der Waals surface area contributed by atoms with Crippen molar-refractivity contribution in [1.82, 2.24) is 25.8 Å². The Kier molecular flexibility index (Phi) is 5.29. The van der Waals surface area contributed by atoms with Gasteiger partial charge < -0.3 is 15.5 Å². The van der Waals surface area contributed by atoms with Crippen LogP contribution in [-0.4, -0.2) is 52.2 Å². The Morgan fingerprint density at radius 2 is 2.16 bits per heavy atom. The third-order valence-corrected chi connectivity index (χ3v) is 5.69. The van der Waals surface area contributed by atoms with Crippen LogP contribution in [0.5, 0.6) is 0 Å². The number of carbonyl (C=O) groups is 2. The number of amides is 2. The first-order chi connectivity index (χ1) is 11.6. The molecular formula is C16H24ClN5O3. The molecule has 9 heteroatoms. The normalized spacial score (nSPS) is 31.1. The van der Waals surface area contributed by atoms with Gasteiger partial charge >= 0.3 is 0 Å². The van der Waals surface area contributed by atoms with Gasteiger partial charge in [-0.3, -0.25) is 9.59 Å². The molecule has 0 aliphatic carbocycles. The van der Waals surface area contributed by atoms with Crippen molar-refractivity contribution in [3.05, 3.63) is 11.4 Å². The van der Waals surface area contributed by atoms with Crippen LogP contribution in [0, 0.1) is 18.8 Å². The van der Waals surface area contributed by atoms with Crippen molar-refractivity contribution in [2.75, 3.05) is 13.1 Å². The smallest absolute Gasteiger partial charge is 0.243 e. The topological polar surface area (TPSA) is 100 Å². The first kappa shape index (κ1) is 18.1. The lowest BCUT2D eigenvalue weighted by molar-refractivity contribution is -0.157. The molecule has 0 saturated carbocycles. The van der Waals surface area contributed by atoms with Crippen LogP contribution in [0.3, 0.4) is 0 Å². The van der Waals surface area contributed by atoms with Crippen LogP contribution in [0.4, 0.5) is 0 Å². The Hall–Kier alpha value is -1.67. The van der Waals surface area contributed by atoms with E-state index >= 15 is 0 Å². The third kappa shape index (κ3) is 3.25. The number of rotatable bonds is 3. The summed E-state index contributed by atoms with van der Waals surface area (Å²) in [4.78, 5) is 27.3. The van der Waals surface area contributed by atoms with Crippen LogP contribution in [0.15, 0.2) is 4.63 Å². The van der Waals surface area contributed by atoms with Gasteiger partial charge in [0.2, 0.25) is 11.8 Å². The van der Waals surface area contributed by atoms with Crippen molar-refractivity contribution < 1.29 is 14.2 Å². The zero-order valence-corrected chi connectivity index (χ0v) is 15.1. The van der Waals surface area contributed by atoms with Gasteiger partial charge in [0.1, 0.15) is 17.4 Å². The molecule has 0 unspecified atom stereocenters. The molecule has 1 aromatic heterocycles. The maximum absolute atomic E-state index is 12.9. The number of halogens is 1. The van der Waals surface area contributed by atoms with E-state index in [4.69, 9.17) is 0 Å². The number of nitrogens with one attached hydrogen (secondary N) is 2. The monoisotopic (exact) mass is 369 g/mol. The van der Waals surface area contributed by atoms with Gasteiger partial charge in [-0.05, 0) is 38.6 Å². The molecule has 2 amide bonds. The Morgan fingerprint density at radius 1 is 1.36 bits per heavy atom. The molecule has 3 fully saturated rings. The Balaban J connectivity index is 0.00000182. The fourth-order valence-corrected chi connectivity index (χ4v) is 4.54. The van der Waals surface area contributed by atoms with E-state index < -0.39 is 0 Å². The molecule has 25 heavy (non-hydrogen) atoms. The SMILES string of the molecule is Cc1nonc1CNC(=O)[C@H]1[C@@H]2CNC[C@@H](C2)[C@@H]2CCCC(=O)N21.Cl. The highest BCUT2D eigenvalue weighted by atomic mass is 35.5. The zero-order valence-electron chi connectivity index (χ0n) is 14.2. The first-order valence-corrected chi connectivity index (χ1v) is 8.72. The molecule has 0 aromatic carbocycles. The van der Waals surface area contributed by atoms with E-state index in [9.17, 15) is 9.59 Å². The molecule has 0 radical (unpaired) electrons. The highest BCUT2D eigenvalue weighted by Gasteiger charge is 2.50. The van der Waals surface area contributed by atoms with Gasteiger partial charge in [0, 0.05) is 24.9 Å². The summed E-state index contributed by atoms with van der Waals surface area (Å²) < 4.78 is 4.67. The molecule has 1 aromatic rings. The van der Waals surface area contributed by atoms with Crippen LogP contribution in [0.2, 0.25) is 0 Å². The van der Waals surface area contributed by atoms with Crippen LogP contribution in [0.25, 0.3) is 0 Å². The highest BCUT2D eigenvalue weighted by Crippen LogP contribution is 2.39. The highest BCUT2D eigenvalue weighted by molar-refractivity contribution is 5.89. The molecule has 2 N–H and O–H groups in total. The molecule has 4 heterocycles. The van der Waals surface area contributed by atoms with Gasteiger partial charge in [-0.2, -0.15) is 0 Å². The summed E-state index contributed by atoms with van der Waals surface area (Å²) in [7, 11) is 0. The predicted octanol–water partition coefficient (Wildman–Crippen LogP) is 0.405. The second-order valence-corrected chi connectivity index (χ2v) is 7.13. The molecular weight excluding hydrogens is 346 g/mol. The van der Waals surface area contributed by atoms with Gasteiger partial charge in [0.05, 0.1) is 6.54 Å². The summed E-state index contributed by atoms with van der Waals surface area (Å²) in [5.41, 5.74) is 1.30. The predicted molar refractivity (Wildman–Crippen MR) is 90.9 cm³/mol. The van der Waals surface area contributed by atoms with Gasteiger partial charge in [0.25, 0.3) is 0 Å². The molecule has 2 bridgehead atoms. The van der Waals surface area contributed by atoms with Crippen LogP contribution in [-0.2, 0) is 16.1 Å². The van der Waals surface area contributed by atoms with E-state index in [1.807, 2.05) is 4.90 Å². The van der Waals surface area contributed by atoms with Crippen LogP contribution < -0.4 is 10.6 Å². The van der Waals surface area contributed by atoms with E-state index in [0.717, 1.165) is 32.4 Å². The number of aromatic nitrogens is 2. The number of nitrogens with zero attached hydrogens (tertiary/aromatic N) is 3. The minimum atomic E-state index is -0.382. The number of piperidine rings is 3. The molecule has 4 rings (SSSR count). The molecule has 138 valence electrons. The molecule has 0 spiro atoms. The van der Waals surface area contributed by atoms with Gasteiger partial charge in [-0.15, -0.1) is 12.4 Å². The van der Waals surface area contributed by atoms with Crippen molar-refractivity contribution in [3.63, 3.8) is 0 Å². The molecule has 8 nitrogen and oxygen atoms in total. The summed E-state index contributed by atoms with van der Waals surface area (Å²) in [5.74, 6) is 0.685. The van der Waals surface area contributed by atoms with Crippen molar-refractivity contribution in [2.24, 2.45) is 11.8 Å². The summed E-state index contributed by atoms with van der Waals surface area (Å²) in [6.45, 7) is 3.80. The molecule has 3 aliphatic rings. The zero-order chi connectivity index (χ0) is 16.7. The Bertz CT molecular complexity index is 651. The number of fused-ring (bicyclic) bond motifs is 4. The standard InChI is InChI=1S/C16H23N5O3.ClH/c1-9-12(20-24-19-9)8-18-16(23)15-11-5-10(6-17-7-11)13-3-2-4-14(22)21(13)15;/h10-11,13,15,17H,2-8H2,1H3,(H,18,23);1H/t10-,11+,13+,15-;/m1./s1. The molecule has 4 atom stereocenters. The van der Waals surface area contributed by atoms with E-state index in [1.54, 1.807) is 6.92 Å². The minimum absolute atomic E-state index is 0. The average Bonchev–Trinajstić information content (AvgIpc) is 2.99. The quantitative estimate of drug-likeness (QED) is 0.800. The summed E-state index contributed by atoms with van der Waals surface area (Å²) in [6, 6.07) is -0.187. The lowest BCUT2D eigenvalue weighted by atomic mass is 9.72. The third-order valence-electron chi connectivity index (χ3n) is 5.69. The summed E-state index contributed by atoms with van der Waals surface area (Å²) in [6.07, 6.45) is 3.50. The van der Waals surface area contributed by atoms with E-state index in [0.29, 0.717) is 23.7 Å². The number of aryl methyl sites for hydroxylation is 1. The first-order valence-electron chi connectivity index (χ1n) is 8.72. The van der Waals surface area contributed by atoms with Gasteiger partial charge in [0.15, 0.2) is 0 Å². The summed E-state index contributed by atoms with van der Waals surface area (Å²) >= 11 is 0. The van der Waals surface area contributed by atoms with Crippen molar-refractivity contribution >= 4 is 24.2 Å². The maximum Gasteiger partial charge on any atom is 0.243 e. The lowest BCUT2D eigenvalue weighted by Gasteiger charge is -2.53. The fourth-order valence-electron chi connectivity index (χ4n) is 4.54. The molecule has 3 saturated heterocycles. The van der Waals surface area contributed by atoms with E-state index in [1.165, 1.54) is 0 Å². The number of carbonyl (C=O) groups excluding carboxylic acids is 2. The van der Waals surface area contributed by atoms with Gasteiger partial charge in [-0.25, -0.2) is 4.63 Å². The fraction of sp³-hybridized carbons (Fsp3) is 0.750. The molecule has 3 aliphatic heterocycles. The number of hydrogen-bond acceptors (Lipinski definition) is 6. The van der Waals surface area contributed by atoms with Crippen molar-refractivity contribution in [2.45, 2.75) is 51.2 Å². The Labute approximate surface area is 152 Å². The maximum atomic E-state index is 12.9. The van der Waals surface area contributed by atoms with Crippen LogP contribution >= 0.6 is 12.4 Å². The largest absolute Gasteiger partial charge is 0.348 e. The number of hydrogen-bond donors (Lipinski definition) is 2.